The Morgan fingerprint density at radius 3 is 2.26 bits per heavy atom. The summed E-state index contributed by atoms with van der Waals surface area (Å²) in [5.41, 5.74) is 3.51. The molecule has 0 bridgehead atoms. The van der Waals surface area contributed by atoms with E-state index in [1.807, 2.05) is 17.7 Å². The average Bonchev–Trinajstić information content (AvgIpc) is 3.01. The minimum Gasteiger partial charge on any atom is -0.508 e. The third-order valence-electron chi connectivity index (χ3n) is 4.44. The SMILES string of the molecule is COc1ccc(OC)c2c1C(=O)c1c-2n(C)c2ccc(O)cc12. The smallest absolute Gasteiger partial charge is 0.200 e. The lowest BCUT2D eigenvalue weighted by molar-refractivity contribution is 0.104. The van der Waals surface area contributed by atoms with Gasteiger partial charge >= 0.3 is 0 Å². The number of methoxy groups -OCH3 is 2. The van der Waals surface area contributed by atoms with Crippen molar-refractivity contribution in [1.82, 2.24) is 4.57 Å². The van der Waals surface area contributed by atoms with E-state index in [1.165, 1.54) is 0 Å². The molecule has 1 N–H and O–H groups in total. The molecule has 23 heavy (non-hydrogen) atoms. The molecule has 3 aromatic rings. The summed E-state index contributed by atoms with van der Waals surface area (Å²) < 4.78 is 12.8. The molecule has 0 unspecified atom stereocenters. The maximum absolute atomic E-state index is 13.0. The highest BCUT2D eigenvalue weighted by Crippen LogP contribution is 2.49. The number of phenols is 1. The number of benzene rings is 2. The van der Waals surface area contributed by atoms with Crippen LogP contribution in [0.5, 0.6) is 17.2 Å². The zero-order valence-corrected chi connectivity index (χ0v) is 13.0. The van der Waals surface area contributed by atoms with Crippen molar-refractivity contribution in [2.24, 2.45) is 7.05 Å². The number of nitrogens with zero attached hydrogens (tertiary/aromatic N) is 1. The van der Waals surface area contributed by atoms with Crippen molar-refractivity contribution in [3.63, 3.8) is 0 Å². The number of rotatable bonds is 2. The lowest BCUT2D eigenvalue weighted by Crippen LogP contribution is -2.01. The first-order valence-electron chi connectivity index (χ1n) is 7.20. The zero-order chi connectivity index (χ0) is 16.3. The van der Waals surface area contributed by atoms with Crippen molar-refractivity contribution >= 4 is 16.7 Å². The molecule has 0 atom stereocenters. The Hall–Kier alpha value is -2.95. The quantitative estimate of drug-likeness (QED) is 0.618. The number of hydrogen-bond donors (Lipinski definition) is 1. The highest BCUT2D eigenvalue weighted by Gasteiger charge is 2.37. The molecular weight excluding hydrogens is 294 g/mol. The van der Waals surface area contributed by atoms with Crippen LogP contribution in [0.2, 0.25) is 0 Å². The number of hydrogen-bond acceptors (Lipinski definition) is 4. The summed E-state index contributed by atoms with van der Waals surface area (Å²) in [6.45, 7) is 0. The first-order chi connectivity index (χ1) is 11.1. The molecule has 2 aromatic carbocycles. The van der Waals surface area contributed by atoms with E-state index in [-0.39, 0.29) is 11.5 Å². The van der Waals surface area contributed by atoms with E-state index >= 15 is 0 Å². The van der Waals surface area contributed by atoms with Crippen LogP contribution in [0, 0.1) is 0 Å². The van der Waals surface area contributed by atoms with Gasteiger partial charge in [0.2, 0.25) is 0 Å². The second-order valence-corrected chi connectivity index (χ2v) is 5.53. The predicted molar refractivity (Wildman–Crippen MR) is 86.6 cm³/mol. The van der Waals surface area contributed by atoms with Crippen molar-refractivity contribution in [3.8, 4) is 28.5 Å². The van der Waals surface area contributed by atoms with Gasteiger partial charge in [-0.2, -0.15) is 0 Å². The lowest BCUT2D eigenvalue weighted by atomic mass is 10.0. The molecule has 0 fully saturated rings. The molecule has 0 saturated carbocycles. The van der Waals surface area contributed by atoms with Gasteiger partial charge in [-0.05, 0) is 30.3 Å². The van der Waals surface area contributed by atoms with Crippen molar-refractivity contribution in [2.45, 2.75) is 0 Å². The highest BCUT2D eigenvalue weighted by atomic mass is 16.5. The van der Waals surface area contributed by atoms with Crippen LogP contribution in [0.1, 0.15) is 15.9 Å². The van der Waals surface area contributed by atoms with Crippen LogP contribution in [0.3, 0.4) is 0 Å². The van der Waals surface area contributed by atoms with E-state index in [9.17, 15) is 9.90 Å². The van der Waals surface area contributed by atoms with Gasteiger partial charge in [0.25, 0.3) is 0 Å². The summed E-state index contributed by atoms with van der Waals surface area (Å²) in [7, 11) is 5.03. The van der Waals surface area contributed by atoms with E-state index in [0.29, 0.717) is 22.6 Å². The Labute approximate surface area is 132 Å². The fourth-order valence-corrected chi connectivity index (χ4v) is 3.45. The number of ether oxygens (including phenoxy) is 2. The molecular formula is C18H15NO4. The average molecular weight is 309 g/mol. The number of aromatic hydroxyl groups is 1. The summed E-state index contributed by atoms with van der Waals surface area (Å²) in [6, 6.07) is 8.58. The van der Waals surface area contributed by atoms with Crippen molar-refractivity contribution in [1.29, 1.82) is 0 Å². The Kier molecular flexibility index (Phi) is 2.69. The molecule has 1 heterocycles. The van der Waals surface area contributed by atoms with Gasteiger partial charge in [0.1, 0.15) is 17.2 Å². The Morgan fingerprint density at radius 1 is 0.957 bits per heavy atom. The van der Waals surface area contributed by atoms with Gasteiger partial charge < -0.3 is 19.1 Å². The lowest BCUT2D eigenvalue weighted by Gasteiger charge is -2.12. The molecule has 1 aromatic heterocycles. The minimum atomic E-state index is -0.109. The maximum atomic E-state index is 13.0. The number of phenolic OH excluding ortho intramolecular Hbond substituents is 1. The van der Waals surface area contributed by atoms with E-state index in [4.69, 9.17) is 9.47 Å². The van der Waals surface area contributed by atoms with E-state index in [2.05, 4.69) is 0 Å². The number of aromatic nitrogens is 1. The Bertz CT molecular complexity index is 985. The molecule has 4 rings (SSSR count). The third-order valence-corrected chi connectivity index (χ3v) is 4.44. The van der Waals surface area contributed by atoms with Gasteiger partial charge in [-0.15, -0.1) is 0 Å². The number of fused-ring (bicyclic) bond motifs is 5. The predicted octanol–water partition coefficient (Wildman–Crippen LogP) is 3.11. The molecule has 5 heteroatoms. The fourth-order valence-electron chi connectivity index (χ4n) is 3.45. The molecule has 1 aliphatic rings. The summed E-state index contributed by atoms with van der Waals surface area (Å²) >= 11 is 0. The number of carbonyl (C=O) groups excluding carboxylic acids is 1. The summed E-state index contributed by atoms with van der Waals surface area (Å²) in [6.07, 6.45) is 0. The molecule has 5 nitrogen and oxygen atoms in total. The second-order valence-electron chi connectivity index (χ2n) is 5.53. The monoisotopic (exact) mass is 309 g/mol. The molecule has 0 saturated heterocycles. The third kappa shape index (κ3) is 1.59. The molecule has 1 aliphatic carbocycles. The number of ketones is 1. The summed E-state index contributed by atoms with van der Waals surface area (Å²) in [5, 5.41) is 10.5. The molecule has 116 valence electrons. The highest BCUT2D eigenvalue weighted by molar-refractivity contribution is 6.29. The van der Waals surface area contributed by atoms with Gasteiger partial charge in [-0.25, -0.2) is 0 Å². The van der Waals surface area contributed by atoms with Crippen LogP contribution in [0.4, 0.5) is 0 Å². The number of carbonyl (C=O) groups is 1. The van der Waals surface area contributed by atoms with Crippen LogP contribution >= 0.6 is 0 Å². The standard InChI is InChI=1S/C18H15NO4/c1-19-11-5-4-9(20)8-10(11)14-17(19)15-12(22-2)6-7-13(23-3)16(15)18(14)21/h4-8,20H,1-3H3. The van der Waals surface area contributed by atoms with Crippen molar-refractivity contribution in [2.75, 3.05) is 14.2 Å². The first kappa shape index (κ1) is 13.7. The summed E-state index contributed by atoms with van der Waals surface area (Å²) in [4.78, 5) is 13.0. The van der Waals surface area contributed by atoms with Gasteiger partial charge in [0, 0.05) is 18.0 Å². The zero-order valence-electron chi connectivity index (χ0n) is 13.0. The number of aryl methyl sites for hydroxylation is 1. The van der Waals surface area contributed by atoms with Gasteiger partial charge in [-0.3, -0.25) is 4.79 Å². The van der Waals surface area contributed by atoms with Gasteiger partial charge in [-0.1, -0.05) is 0 Å². The van der Waals surface area contributed by atoms with E-state index in [1.54, 1.807) is 38.5 Å². The van der Waals surface area contributed by atoms with Crippen LogP contribution in [0.15, 0.2) is 30.3 Å². The van der Waals surface area contributed by atoms with Crippen LogP contribution in [-0.4, -0.2) is 29.7 Å². The fraction of sp³-hybridized carbons (Fsp3) is 0.167. The molecule has 0 amide bonds. The van der Waals surface area contributed by atoms with E-state index < -0.39 is 0 Å². The topological polar surface area (TPSA) is 60.7 Å². The summed E-state index contributed by atoms with van der Waals surface area (Å²) in [5.74, 6) is 1.17. The van der Waals surface area contributed by atoms with Gasteiger partial charge in [0.15, 0.2) is 5.78 Å². The Morgan fingerprint density at radius 2 is 1.61 bits per heavy atom. The molecule has 0 spiro atoms. The second kappa shape index (κ2) is 4.52. The normalized spacial score (nSPS) is 12.4. The van der Waals surface area contributed by atoms with Crippen molar-refractivity contribution in [3.05, 3.63) is 41.5 Å². The van der Waals surface area contributed by atoms with Gasteiger partial charge in [0.05, 0.1) is 36.6 Å². The Balaban J connectivity index is 2.19. The first-order valence-corrected chi connectivity index (χ1v) is 7.20. The minimum absolute atomic E-state index is 0.109. The largest absolute Gasteiger partial charge is 0.508 e. The van der Waals surface area contributed by atoms with Crippen LogP contribution in [0.25, 0.3) is 22.2 Å². The van der Waals surface area contributed by atoms with E-state index in [0.717, 1.165) is 22.2 Å². The molecule has 0 radical (unpaired) electrons. The maximum Gasteiger partial charge on any atom is 0.200 e. The molecule has 0 aliphatic heterocycles. The van der Waals surface area contributed by atoms with Crippen LogP contribution < -0.4 is 9.47 Å². The van der Waals surface area contributed by atoms with Crippen LogP contribution in [-0.2, 0) is 7.05 Å². The van der Waals surface area contributed by atoms with Crippen molar-refractivity contribution < 1.29 is 19.4 Å².